The fraction of sp³-hybridized carbons (Fsp3) is 0.381. The topological polar surface area (TPSA) is 69.7 Å². The smallest absolute Gasteiger partial charge is 0.278 e. The number of benzene rings is 1. The summed E-state index contributed by atoms with van der Waals surface area (Å²) in [7, 11) is 0. The highest BCUT2D eigenvalue weighted by atomic mass is 16.2. The molecule has 1 unspecified atom stereocenters. The van der Waals surface area contributed by atoms with Crippen molar-refractivity contribution in [2.75, 3.05) is 25.0 Å². The van der Waals surface area contributed by atoms with Gasteiger partial charge in [0.1, 0.15) is 5.70 Å². The number of carbonyl (C=O) groups is 3. The number of hydrogen-bond acceptors (Lipinski definition) is 4. The molecule has 0 aromatic heterocycles. The molecule has 0 spiro atoms. The van der Waals surface area contributed by atoms with Crippen molar-refractivity contribution in [3.63, 3.8) is 0 Å². The Hall–Kier alpha value is -2.89. The molecule has 1 fully saturated rings. The lowest BCUT2D eigenvalue weighted by Gasteiger charge is -2.33. The van der Waals surface area contributed by atoms with Crippen molar-refractivity contribution in [1.29, 1.82) is 0 Å². The van der Waals surface area contributed by atoms with Crippen LogP contribution in [-0.2, 0) is 14.4 Å². The van der Waals surface area contributed by atoms with Gasteiger partial charge in [0.25, 0.3) is 11.8 Å². The number of nitrogens with zero attached hydrogens (tertiary/aromatic N) is 2. The molecule has 27 heavy (non-hydrogen) atoms. The molecule has 1 aromatic rings. The third-order valence-electron chi connectivity index (χ3n) is 4.92. The second-order valence-electron chi connectivity index (χ2n) is 7.19. The highest BCUT2D eigenvalue weighted by Crippen LogP contribution is 2.34. The quantitative estimate of drug-likeness (QED) is 0.642. The fourth-order valence-electron chi connectivity index (χ4n) is 3.73. The molecule has 2 aliphatic rings. The molecule has 6 heteroatoms. The van der Waals surface area contributed by atoms with E-state index in [2.05, 4.69) is 23.7 Å². The summed E-state index contributed by atoms with van der Waals surface area (Å²) in [6.45, 7) is 9.00. The van der Waals surface area contributed by atoms with Crippen molar-refractivity contribution in [2.45, 2.75) is 26.7 Å². The maximum atomic E-state index is 13.0. The third-order valence-corrected chi connectivity index (χ3v) is 4.92. The van der Waals surface area contributed by atoms with Gasteiger partial charge in [0.2, 0.25) is 5.91 Å². The average molecular weight is 367 g/mol. The van der Waals surface area contributed by atoms with Crippen LogP contribution < -0.4 is 5.32 Å². The maximum Gasteiger partial charge on any atom is 0.278 e. The molecule has 0 saturated carbocycles. The van der Waals surface area contributed by atoms with Gasteiger partial charge in [-0.2, -0.15) is 0 Å². The van der Waals surface area contributed by atoms with Gasteiger partial charge in [-0.25, -0.2) is 0 Å². The van der Waals surface area contributed by atoms with Crippen LogP contribution in [-0.4, -0.2) is 47.2 Å². The van der Waals surface area contributed by atoms with E-state index in [1.807, 2.05) is 0 Å². The molecular weight excluding hydrogens is 342 g/mol. The number of amides is 3. The van der Waals surface area contributed by atoms with Crippen molar-refractivity contribution in [3.05, 3.63) is 48.2 Å². The number of hydrogen-bond donors (Lipinski definition) is 1. The molecule has 1 saturated heterocycles. The first kappa shape index (κ1) is 18.9. The molecule has 3 amide bonds. The van der Waals surface area contributed by atoms with Crippen molar-refractivity contribution in [2.24, 2.45) is 5.92 Å². The first-order chi connectivity index (χ1) is 12.9. The predicted octanol–water partition coefficient (Wildman–Crippen LogP) is 2.64. The zero-order valence-corrected chi connectivity index (χ0v) is 15.8. The van der Waals surface area contributed by atoms with Crippen molar-refractivity contribution < 1.29 is 14.4 Å². The van der Waals surface area contributed by atoms with Gasteiger partial charge in [-0.3, -0.25) is 19.3 Å². The Morgan fingerprint density at radius 2 is 1.96 bits per heavy atom. The van der Waals surface area contributed by atoms with E-state index in [1.54, 1.807) is 30.3 Å². The van der Waals surface area contributed by atoms with E-state index in [0.717, 1.165) is 25.9 Å². The highest BCUT2D eigenvalue weighted by molar-refractivity contribution is 6.35. The molecule has 142 valence electrons. The van der Waals surface area contributed by atoms with Gasteiger partial charge in [-0.1, -0.05) is 25.1 Å². The van der Waals surface area contributed by atoms with Crippen molar-refractivity contribution in [3.8, 4) is 0 Å². The SMILES string of the molecule is C=CCN1C(=O)C(c2ccc(NC(C)=O)cc2)=C(N2CCCC(C)C2)C1=O. The predicted molar refractivity (Wildman–Crippen MR) is 105 cm³/mol. The van der Waals surface area contributed by atoms with Gasteiger partial charge in [-0.15, -0.1) is 6.58 Å². The second-order valence-corrected chi connectivity index (χ2v) is 7.19. The Morgan fingerprint density at radius 1 is 1.26 bits per heavy atom. The number of likely N-dealkylation sites (tertiary alicyclic amines) is 1. The van der Waals surface area contributed by atoms with Gasteiger partial charge in [0, 0.05) is 32.2 Å². The van der Waals surface area contributed by atoms with Crippen LogP contribution in [0.3, 0.4) is 0 Å². The maximum absolute atomic E-state index is 13.0. The summed E-state index contributed by atoms with van der Waals surface area (Å²) in [6, 6.07) is 7.04. The van der Waals surface area contributed by atoms with E-state index in [0.29, 0.717) is 28.4 Å². The van der Waals surface area contributed by atoms with Gasteiger partial charge in [0.05, 0.1) is 5.57 Å². The summed E-state index contributed by atoms with van der Waals surface area (Å²) in [4.78, 5) is 40.5. The summed E-state index contributed by atoms with van der Waals surface area (Å²) < 4.78 is 0. The van der Waals surface area contributed by atoms with E-state index in [9.17, 15) is 14.4 Å². The molecular formula is C21H25N3O3. The molecule has 0 radical (unpaired) electrons. The van der Waals surface area contributed by atoms with Crippen LogP contribution >= 0.6 is 0 Å². The summed E-state index contributed by atoms with van der Waals surface area (Å²) in [5.74, 6) is -0.226. The largest absolute Gasteiger partial charge is 0.366 e. The lowest BCUT2D eigenvalue weighted by Crippen LogP contribution is -2.39. The van der Waals surface area contributed by atoms with Crippen LogP contribution in [0.15, 0.2) is 42.6 Å². The average Bonchev–Trinajstić information content (AvgIpc) is 2.87. The molecule has 0 aliphatic carbocycles. The Morgan fingerprint density at radius 3 is 2.56 bits per heavy atom. The fourth-order valence-corrected chi connectivity index (χ4v) is 3.73. The van der Waals surface area contributed by atoms with Crippen LogP contribution in [0, 0.1) is 5.92 Å². The van der Waals surface area contributed by atoms with Gasteiger partial charge >= 0.3 is 0 Å². The Balaban J connectivity index is 2.02. The summed E-state index contributed by atoms with van der Waals surface area (Å²) in [5, 5.41) is 2.71. The number of carbonyl (C=O) groups excluding carboxylic acids is 3. The normalized spacial score (nSPS) is 20.3. The number of imide groups is 1. The zero-order chi connectivity index (χ0) is 19.6. The second kappa shape index (κ2) is 7.78. The van der Waals surface area contributed by atoms with Crippen molar-refractivity contribution in [1.82, 2.24) is 9.80 Å². The monoisotopic (exact) mass is 367 g/mol. The lowest BCUT2D eigenvalue weighted by molar-refractivity contribution is -0.137. The van der Waals surface area contributed by atoms with Crippen molar-refractivity contribution >= 4 is 29.0 Å². The van der Waals surface area contributed by atoms with E-state index < -0.39 is 0 Å². The first-order valence-corrected chi connectivity index (χ1v) is 9.26. The number of rotatable bonds is 5. The minimum Gasteiger partial charge on any atom is -0.366 e. The molecule has 0 bridgehead atoms. The minimum atomic E-state index is -0.291. The Kier molecular flexibility index (Phi) is 5.44. The first-order valence-electron chi connectivity index (χ1n) is 9.26. The number of nitrogens with one attached hydrogen (secondary N) is 1. The molecule has 2 heterocycles. The number of anilines is 1. The Labute approximate surface area is 159 Å². The summed E-state index contributed by atoms with van der Waals surface area (Å²) in [5.41, 5.74) is 2.26. The molecule has 6 nitrogen and oxygen atoms in total. The molecule has 1 N–H and O–H groups in total. The van der Waals surface area contributed by atoms with Crippen LogP contribution in [0.4, 0.5) is 5.69 Å². The zero-order valence-electron chi connectivity index (χ0n) is 15.8. The van der Waals surface area contributed by atoms with Crippen LogP contribution in [0.2, 0.25) is 0 Å². The van der Waals surface area contributed by atoms with Crippen LogP contribution in [0.1, 0.15) is 32.3 Å². The molecule has 1 atom stereocenters. The standard InChI is InChI=1S/C21H25N3O3/c1-4-11-24-20(26)18(16-7-9-17(10-8-16)22-15(3)25)19(21(24)27)23-12-5-6-14(2)13-23/h4,7-10,14H,1,5-6,11-13H2,2-3H3,(H,22,25). The van der Waals surface area contributed by atoms with E-state index >= 15 is 0 Å². The molecule has 2 aliphatic heterocycles. The molecule has 1 aromatic carbocycles. The summed E-state index contributed by atoms with van der Waals surface area (Å²) in [6.07, 6.45) is 3.69. The van der Waals surface area contributed by atoms with E-state index in [1.165, 1.54) is 11.8 Å². The van der Waals surface area contributed by atoms with Crippen LogP contribution in [0.5, 0.6) is 0 Å². The van der Waals surface area contributed by atoms with Gasteiger partial charge in [0.15, 0.2) is 0 Å². The number of piperidine rings is 1. The summed E-state index contributed by atoms with van der Waals surface area (Å²) >= 11 is 0. The van der Waals surface area contributed by atoms with Crippen LogP contribution in [0.25, 0.3) is 5.57 Å². The third kappa shape index (κ3) is 3.79. The Bertz CT molecular complexity index is 810. The van der Waals surface area contributed by atoms with E-state index in [-0.39, 0.29) is 24.3 Å². The van der Waals surface area contributed by atoms with Gasteiger partial charge < -0.3 is 10.2 Å². The molecule has 3 rings (SSSR count). The van der Waals surface area contributed by atoms with Gasteiger partial charge in [-0.05, 0) is 36.5 Å². The highest BCUT2D eigenvalue weighted by Gasteiger charge is 2.41. The van der Waals surface area contributed by atoms with E-state index in [4.69, 9.17) is 0 Å². The minimum absolute atomic E-state index is 0.158. The lowest BCUT2D eigenvalue weighted by atomic mass is 9.97.